The van der Waals surface area contributed by atoms with Crippen LogP contribution in [0.3, 0.4) is 0 Å². The molecule has 4 unspecified atom stereocenters. The molecule has 34 heavy (non-hydrogen) atoms. The lowest BCUT2D eigenvalue weighted by Crippen LogP contribution is -2.69. The highest BCUT2D eigenvalue weighted by molar-refractivity contribution is 5.93. The van der Waals surface area contributed by atoms with Crippen LogP contribution in [0.2, 0.25) is 0 Å². The minimum atomic E-state index is -1.55. The minimum absolute atomic E-state index is 0.101. The Bertz CT molecular complexity index is 570. The summed E-state index contributed by atoms with van der Waals surface area (Å²) in [5.74, 6) is -0.984. The topological polar surface area (TPSA) is 71.1 Å². The zero-order valence-corrected chi connectivity index (χ0v) is 22.7. The molecule has 0 spiro atoms. The highest BCUT2D eigenvalue weighted by Crippen LogP contribution is 2.44. The van der Waals surface area contributed by atoms with Crippen LogP contribution in [0.5, 0.6) is 0 Å². The number of hydrogen-bond donors (Lipinski definition) is 0. The molecule has 2 fully saturated rings. The summed E-state index contributed by atoms with van der Waals surface area (Å²) in [5, 5.41) is 0. The molecule has 0 aromatic carbocycles. The lowest BCUT2D eigenvalue weighted by atomic mass is 9.76. The fourth-order valence-electron chi connectivity index (χ4n) is 5.30. The van der Waals surface area contributed by atoms with Crippen molar-refractivity contribution >= 4 is 11.9 Å². The van der Waals surface area contributed by atoms with Crippen molar-refractivity contribution in [3.63, 3.8) is 0 Å². The summed E-state index contributed by atoms with van der Waals surface area (Å²) in [7, 11) is 0. The van der Waals surface area contributed by atoms with Gasteiger partial charge in [-0.3, -0.25) is 0 Å². The van der Waals surface area contributed by atoms with Gasteiger partial charge < -0.3 is 18.9 Å². The van der Waals surface area contributed by atoms with E-state index in [0.29, 0.717) is 12.8 Å². The Morgan fingerprint density at radius 2 is 0.971 bits per heavy atom. The molecular formula is C28H50O6. The van der Waals surface area contributed by atoms with Gasteiger partial charge in [0.15, 0.2) is 0 Å². The Balaban J connectivity index is 2.59. The molecule has 0 heterocycles. The van der Waals surface area contributed by atoms with Gasteiger partial charge in [-0.25, -0.2) is 9.59 Å². The van der Waals surface area contributed by atoms with Gasteiger partial charge in [-0.1, -0.05) is 66.2 Å². The molecule has 0 saturated heterocycles. The van der Waals surface area contributed by atoms with Gasteiger partial charge in [0, 0.05) is 0 Å². The van der Waals surface area contributed by atoms with E-state index in [1.807, 2.05) is 41.5 Å². The molecule has 198 valence electrons. The first-order valence-corrected chi connectivity index (χ1v) is 14.1. The first kappa shape index (κ1) is 29.1. The molecule has 0 bridgehead atoms. The van der Waals surface area contributed by atoms with Gasteiger partial charge in [0.2, 0.25) is 11.2 Å². The summed E-state index contributed by atoms with van der Waals surface area (Å²) in [6.45, 7) is 11.5. The fraction of sp³-hybridized carbons (Fsp3) is 0.929. The van der Waals surface area contributed by atoms with E-state index in [1.54, 1.807) is 0 Å². The number of carbonyl (C=O) groups excluding carboxylic acids is 2. The Kier molecular flexibility index (Phi) is 11.8. The van der Waals surface area contributed by atoms with Gasteiger partial charge in [-0.05, 0) is 65.2 Å². The summed E-state index contributed by atoms with van der Waals surface area (Å²) < 4.78 is 25.4. The third-order valence-corrected chi connectivity index (χ3v) is 7.91. The second-order valence-corrected chi connectivity index (χ2v) is 10.4. The molecule has 0 N–H and O–H groups in total. The van der Waals surface area contributed by atoms with Crippen molar-refractivity contribution in [3.8, 4) is 0 Å². The maximum absolute atomic E-state index is 14.0. The molecule has 6 heteroatoms. The van der Waals surface area contributed by atoms with E-state index in [1.165, 1.54) is 12.8 Å². The molecule has 2 saturated carbocycles. The molecule has 2 aliphatic rings. The number of esters is 2. The van der Waals surface area contributed by atoms with Crippen LogP contribution in [0.15, 0.2) is 0 Å². The third-order valence-electron chi connectivity index (χ3n) is 7.91. The van der Waals surface area contributed by atoms with Gasteiger partial charge in [-0.15, -0.1) is 0 Å². The van der Waals surface area contributed by atoms with Crippen molar-refractivity contribution in [2.75, 3.05) is 0 Å². The fourth-order valence-corrected chi connectivity index (χ4v) is 5.30. The monoisotopic (exact) mass is 482 g/mol. The maximum Gasteiger partial charge on any atom is 0.342 e. The number of ether oxygens (including phenoxy) is 4. The normalized spacial score (nSPS) is 23.4. The van der Waals surface area contributed by atoms with Crippen LogP contribution in [0.25, 0.3) is 0 Å². The summed E-state index contributed by atoms with van der Waals surface area (Å²) in [6, 6.07) is 0. The highest BCUT2D eigenvalue weighted by Gasteiger charge is 2.65. The van der Waals surface area contributed by atoms with E-state index in [2.05, 4.69) is 0 Å². The van der Waals surface area contributed by atoms with Gasteiger partial charge in [0.05, 0.1) is 24.4 Å². The largest absolute Gasteiger partial charge is 0.460 e. The van der Waals surface area contributed by atoms with Crippen molar-refractivity contribution in [2.24, 2.45) is 0 Å². The second-order valence-electron chi connectivity index (χ2n) is 10.4. The molecule has 6 nitrogen and oxygen atoms in total. The summed E-state index contributed by atoms with van der Waals surface area (Å²) in [6.07, 6.45) is 11.3. The highest BCUT2D eigenvalue weighted by atomic mass is 16.6. The first-order valence-electron chi connectivity index (χ1n) is 14.1. The van der Waals surface area contributed by atoms with Crippen LogP contribution in [0, 0.1) is 0 Å². The Morgan fingerprint density at radius 1 is 0.647 bits per heavy atom. The van der Waals surface area contributed by atoms with Crippen LogP contribution in [0.1, 0.15) is 131 Å². The minimum Gasteiger partial charge on any atom is -0.460 e. The number of rotatable bonds is 13. The predicted octanol–water partition coefficient (Wildman–Crippen LogP) is 6.67. The van der Waals surface area contributed by atoms with Crippen LogP contribution < -0.4 is 0 Å². The van der Waals surface area contributed by atoms with Gasteiger partial charge >= 0.3 is 11.9 Å². The molecule has 0 aromatic rings. The van der Waals surface area contributed by atoms with E-state index >= 15 is 0 Å². The third kappa shape index (κ3) is 6.75. The predicted molar refractivity (Wildman–Crippen MR) is 134 cm³/mol. The first-order chi connectivity index (χ1) is 16.3. The Morgan fingerprint density at radius 3 is 1.24 bits per heavy atom. The molecular weight excluding hydrogens is 432 g/mol. The molecule has 4 atom stereocenters. The zero-order valence-electron chi connectivity index (χ0n) is 22.7. The van der Waals surface area contributed by atoms with Gasteiger partial charge in [0.1, 0.15) is 0 Å². The molecule has 0 aromatic heterocycles. The lowest BCUT2D eigenvalue weighted by Gasteiger charge is -2.49. The standard InChI is InChI=1S/C28H50O6/c1-7-21(5)31-25(29)27(9-3,33-23-17-13-11-14-18-23)28(10-4,26(30)32-22(6)8-2)34-24-19-15-12-16-20-24/h21-24H,7-20H2,1-6H3. The van der Waals surface area contributed by atoms with Crippen molar-refractivity contribution in [1.82, 2.24) is 0 Å². The van der Waals surface area contributed by atoms with Crippen molar-refractivity contribution in [1.29, 1.82) is 0 Å². The Hall–Kier alpha value is -1.14. The SMILES string of the molecule is CCC(C)OC(=O)C(CC)(OC1CCCCC1)C(CC)(OC1CCCCC1)C(=O)OC(C)CC. The number of hydrogen-bond acceptors (Lipinski definition) is 6. The van der Waals surface area contributed by atoms with Crippen molar-refractivity contribution in [2.45, 2.75) is 167 Å². The van der Waals surface area contributed by atoms with E-state index in [4.69, 9.17) is 18.9 Å². The molecule has 0 aliphatic heterocycles. The second kappa shape index (κ2) is 13.8. The average molecular weight is 483 g/mol. The zero-order chi connectivity index (χ0) is 25.2. The molecule has 0 radical (unpaired) electrons. The summed E-state index contributed by atoms with van der Waals surface area (Å²) >= 11 is 0. The van der Waals surface area contributed by atoms with Gasteiger partial charge in [-0.2, -0.15) is 0 Å². The molecule has 2 aliphatic carbocycles. The smallest absolute Gasteiger partial charge is 0.342 e. The number of carbonyl (C=O) groups is 2. The Labute approximate surface area is 207 Å². The summed E-state index contributed by atoms with van der Waals surface area (Å²) in [5.41, 5.74) is -3.09. The maximum atomic E-state index is 14.0. The van der Waals surface area contributed by atoms with Gasteiger partial charge in [0.25, 0.3) is 0 Å². The summed E-state index contributed by atoms with van der Waals surface area (Å²) in [4.78, 5) is 28.0. The van der Waals surface area contributed by atoms with Crippen molar-refractivity contribution < 1.29 is 28.5 Å². The van der Waals surface area contributed by atoms with Crippen LogP contribution in [-0.2, 0) is 28.5 Å². The molecule has 0 amide bonds. The quantitative estimate of drug-likeness (QED) is 0.273. The molecule has 2 rings (SSSR count). The van der Waals surface area contributed by atoms with E-state index in [0.717, 1.165) is 51.4 Å². The average Bonchev–Trinajstić information content (AvgIpc) is 2.86. The van der Waals surface area contributed by atoms with Crippen LogP contribution in [-0.4, -0.2) is 47.6 Å². The van der Waals surface area contributed by atoms with Crippen molar-refractivity contribution in [3.05, 3.63) is 0 Å². The van der Waals surface area contributed by atoms with Crippen LogP contribution in [0.4, 0.5) is 0 Å². The van der Waals surface area contributed by atoms with E-state index in [-0.39, 0.29) is 37.3 Å². The lowest BCUT2D eigenvalue weighted by molar-refractivity contribution is -0.264. The van der Waals surface area contributed by atoms with E-state index in [9.17, 15) is 9.59 Å². The van der Waals surface area contributed by atoms with Crippen LogP contribution >= 0.6 is 0 Å². The van der Waals surface area contributed by atoms with E-state index < -0.39 is 23.1 Å².